The third kappa shape index (κ3) is 3.91. The molecule has 114 valence electrons. The predicted molar refractivity (Wildman–Crippen MR) is 77.8 cm³/mol. The molecule has 0 saturated carbocycles. The van der Waals surface area contributed by atoms with Crippen molar-refractivity contribution in [2.45, 2.75) is 6.42 Å². The van der Waals surface area contributed by atoms with Gasteiger partial charge >= 0.3 is 0 Å². The number of nitrogens with one attached hydrogen (secondary N) is 1. The number of nitrogens with two attached hydrogens (primary N) is 1. The van der Waals surface area contributed by atoms with Gasteiger partial charge in [0, 0.05) is 45.3 Å². The first-order chi connectivity index (χ1) is 10.1. The van der Waals surface area contributed by atoms with Gasteiger partial charge in [-0.1, -0.05) is 0 Å². The zero-order valence-electron chi connectivity index (χ0n) is 12.0. The van der Waals surface area contributed by atoms with Crippen LogP contribution in [-0.4, -0.2) is 55.0 Å². The van der Waals surface area contributed by atoms with E-state index in [0.717, 1.165) is 0 Å². The smallest absolute Gasteiger partial charge is 0.252 e. The summed E-state index contributed by atoms with van der Waals surface area (Å²) in [6, 6.07) is 3.29. The van der Waals surface area contributed by atoms with E-state index in [-0.39, 0.29) is 11.8 Å². The number of nitrogens with zero attached hydrogens (tertiary/aromatic N) is 2. The van der Waals surface area contributed by atoms with Crippen LogP contribution in [0.1, 0.15) is 16.8 Å². The summed E-state index contributed by atoms with van der Waals surface area (Å²) in [5.41, 5.74) is 5.66. The largest absolute Gasteiger partial charge is 0.383 e. The highest BCUT2D eigenvalue weighted by atomic mass is 16.5. The highest BCUT2D eigenvalue weighted by molar-refractivity contribution is 5.97. The van der Waals surface area contributed by atoms with Gasteiger partial charge in [0.15, 0.2) is 0 Å². The average molecular weight is 292 g/mol. The molecular formula is C14H20N4O3. The fourth-order valence-corrected chi connectivity index (χ4v) is 2.39. The maximum Gasteiger partial charge on any atom is 0.252 e. The molecule has 0 bridgehead atoms. The van der Waals surface area contributed by atoms with E-state index in [9.17, 15) is 9.59 Å². The molecule has 2 amide bonds. The van der Waals surface area contributed by atoms with Crippen LogP contribution in [0.2, 0.25) is 0 Å². The lowest BCUT2D eigenvalue weighted by Crippen LogP contribution is -2.29. The third-order valence-corrected chi connectivity index (χ3v) is 3.49. The van der Waals surface area contributed by atoms with Gasteiger partial charge in [0.1, 0.15) is 5.82 Å². The van der Waals surface area contributed by atoms with Crippen molar-refractivity contribution in [3.63, 3.8) is 0 Å². The molecule has 7 nitrogen and oxygen atoms in total. The minimum absolute atomic E-state index is 0.134. The number of ether oxygens (including phenoxy) is 1. The quantitative estimate of drug-likeness (QED) is 0.742. The fraction of sp³-hybridized carbons (Fsp3) is 0.500. The van der Waals surface area contributed by atoms with Gasteiger partial charge in [-0.25, -0.2) is 4.98 Å². The van der Waals surface area contributed by atoms with Gasteiger partial charge in [0.25, 0.3) is 5.91 Å². The Bertz CT molecular complexity index is 521. The number of methoxy groups -OCH3 is 1. The Morgan fingerprint density at radius 1 is 1.62 bits per heavy atom. The molecule has 0 spiro atoms. The minimum Gasteiger partial charge on any atom is -0.383 e. The van der Waals surface area contributed by atoms with E-state index in [4.69, 9.17) is 10.5 Å². The first-order valence-electron chi connectivity index (χ1n) is 6.87. The summed E-state index contributed by atoms with van der Waals surface area (Å²) in [7, 11) is 1.62. The second-order valence-electron chi connectivity index (χ2n) is 5.05. The molecule has 2 heterocycles. The second kappa shape index (κ2) is 7.03. The SMILES string of the molecule is COCCN1C[C@@H](CNc2ncccc2C(N)=O)CC1=O. The van der Waals surface area contributed by atoms with Crippen molar-refractivity contribution in [1.29, 1.82) is 0 Å². The van der Waals surface area contributed by atoms with Crippen LogP contribution in [0, 0.1) is 5.92 Å². The zero-order valence-corrected chi connectivity index (χ0v) is 12.0. The second-order valence-corrected chi connectivity index (χ2v) is 5.05. The first-order valence-corrected chi connectivity index (χ1v) is 6.87. The summed E-state index contributed by atoms with van der Waals surface area (Å²) in [6.07, 6.45) is 2.09. The van der Waals surface area contributed by atoms with Crippen molar-refractivity contribution in [1.82, 2.24) is 9.88 Å². The highest BCUT2D eigenvalue weighted by Gasteiger charge is 2.29. The van der Waals surface area contributed by atoms with Gasteiger partial charge < -0.3 is 20.7 Å². The number of amides is 2. The number of primary amides is 1. The van der Waals surface area contributed by atoms with Crippen molar-refractivity contribution < 1.29 is 14.3 Å². The summed E-state index contributed by atoms with van der Waals surface area (Å²) in [5, 5.41) is 3.11. The summed E-state index contributed by atoms with van der Waals surface area (Å²) in [6.45, 7) is 2.42. The van der Waals surface area contributed by atoms with Crippen LogP contribution >= 0.6 is 0 Å². The van der Waals surface area contributed by atoms with Crippen molar-refractivity contribution in [3.05, 3.63) is 23.9 Å². The molecule has 1 atom stereocenters. The van der Waals surface area contributed by atoms with E-state index >= 15 is 0 Å². The number of carbonyl (C=O) groups excluding carboxylic acids is 2. The lowest BCUT2D eigenvalue weighted by Gasteiger charge is -2.16. The molecule has 1 aromatic rings. The molecule has 0 unspecified atom stereocenters. The van der Waals surface area contributed by atoms with E-state index in [2.05, 4.69) is 10.3 Å². The molecule has 1 aliphatic rings. The lowest BCUT2D eigenvalue weighted by atomic mass is 10.1. The molecule has 1 fully saturated rings. The van der Waals surface area contributed by atoms with E-state index in [1.54, 1.807) is 30.3 Å². The van der Waals surface area contributed by atoms with Crippen LogP contribution in [0.4, 0.5) is 5.82 Å². The standard InChI is InChI=1S/C14H20N4O3/c1-21-6-5-18-9-10(7-12(18)19)8-17-14-11(13(15)20)3-2-4-16-14/h2-4,10H,5-9H2,1H3,(H2,15,20)(H,16,17)/t10-/m1/s1. The summed E-state index contributed by atoms with van der Waals surface area (Å²) < 4.78 is 4.99. The van der Waals surface area contributed by atoms with Crippen molar-refractivity contribution in [2.75, 3.05) is 38.7 Å². The van der Waals surface area contributed by atoms with E-state index in [1.165, 1.54) is 0 Å². The monoisotopic (exact) mass is 292 g/mol. The number of aromatic nitrogens is 1. The molecule has 0 aromatic carbocycles. The minimum atomic E-state index is -0.519. The number of likely N-dealkylation sites (tertiary alicyclic amines) is 1. The van der Waals surface area contributed by atoms with Gasteiger partial charge in [0.05, 0.1) is 12.2 Å². The van der Waals surface area contributed by atoms with Crippen molar-refractivity contribution in [3.8, 4) is 0 Å². The van der Waals surface area contributed by atoms with Crippen LogP contribution in [0.5, 0.6) is 0 Å². The fourth-order valence-electron chi connectivity index (χ4n) is 2.39. The molecule has 0 radical (unpaired) electrons. The van der Waals surface area contributed by atoms with E-state index in [1.807, 2.05) is 0 Å². The normalized spacial score (nSPS) is 18.0. The van der Waals surface area contributed by atoms with Gasteiger partial charge in [-0.2, -0.15) is 0 Å². The maximum atomic E-state index is 11.8. The molecule has 7 heteroatoms. The van der Waals surface area contributed by atoms with Gasteiger partial charge in [-0.05, 0) is 12.1 Å². The molecule has 0 aliphatic carbocycles. The molecular weight excluding hydrogens is 272 g/mol. The summed E-state index contributed by atoms with van der Waals surface area (Å²) >= 11 is 0. The Morgan fingerprint density at radius 3 is 3.14 bits per heavy atom. The van der Waals surface area contributed by atoms with Gasteiger partial charge in [-0.15, -0.1) is 0 Å². The molecule has 3 N–H and O–H groups in total. The van der Waals surface area contributed by atoms with Crippen molar-refractivity contribution in [2.24, 2.45) is 11.7 Å². The van der Waals surface area contributed by atoms with Gasteiger partial charge in [-0.3, -0.25) is 9.59 Å². The molecule has 2 rings (SSSR count). The lowest BCUT2D eigenvalue weighted by molar-refractivity contribution is -0.128. The molecule has 1 saturated heterocycles. The predicted octanol–water partition coefficient (Wildman–Crippen LogP) is 0.0873. The number of carbonyl (C=O) groups is 2. The van der Waals surface area contributed by atoms with Crippen LogP contribution in [-0.2, 0) is 9.53 Å². The number of hydrogen-bond acceptors (Lipinski definition) is 5. The molecule has 1 aliphatic heterocycles. The van der Waals surface area contributed by atoms with Crippen LogP contribution < -0.4 is 11.1 Å². The van der Waals surface area contributed by atoms with Crippen molar-refractivity contribution >= 4 is 17.6 Å². The summed E-state index contributed by atoms with van der Waals surface area (Å²) in [5.74, 6) is 0.273. The van der Waals surface area contributed by atoms with Crippen LogP contribution in [0.15, 0.2) is 18.3 Å². The maximum absolute atomic E-state index is 11.8. The Labute approximate surface area is 123 Å². The topological polar surface area (TPSA) is 97.5 Å². The Hall–Kier alpha value is -2.15. The Balaban J connectivity index is 1.90. The number of anilines is 1. The Kier molecular flexibility index (Phi) is 5.10. The van der Waals surface area contributed by atoms with E-state index in [0.29, 0.717) is 44.0 Å². The number of hydrogen-bond donors (Lipinski definition) is 2. The van der Waals surface area contributed by atoms with E-state index < -0.39 is 5.91 Å². The highest BCUT2D eigenvalue weighted by Crippen LogP contribution is 2.19. The molecule has 1 aromatic heterocycles. The number of pyridine rings is 1. The Morgan fingerprint density at radius 2 is 2.43 bits per heavy atom. The van der Waals surface area contributed by atoms with Gasteiger partial charge in [0.2, 0.25) is 5.91 Å². The summed E-state index contributed by atoms with van der Waals surface area (Å²) in [4.78, 5) is 29.0. The average Bonchev–Trinajstić information content (AvgIpc) is 2.83. The third-order valence-electron chi connectivity index (χ3n) is 3.49. The first kappa shape index (κ1) is 15.2. The molecule has 21 heavy (non-hydrogen) atoms. The zero-order chi connectivity index (χ0) is 15.2. The number of rotatable bonds is 7. The van der Waals surface area contributed by atoms with Crippen LogP contribution in [0.3, 0.4) is 0 Å². The van der Waals surface area contributed by atoms with Crippen LogP contribution in [0.25, 0.3) is 0 Å².